The minimum absolute atomic E-state index is 0.188. The molecule has 1 aromatic heterocycles. The number of nitrogens with zero attached hydrogens (tertiary/aromatic N) is 2. The molecule has 0 radical (unpaired) electrons. The van der Waals surface area contributed by atoms with Crippen LogP contribution >= 0.6 is 23.4 Å². The number of alkyl halides is 1. The smallest absolute Gasteiger partial charge is 0.127 e. The summed E-state index contributed by atoms with van der Waals surface area (Å²) in [6, 6.07) is 4.95. The van der Waals surface area contributed by atoms with Gasteiger partial charge in [0.1, 0.15) is 11.6 Å². The third-order valence-electron chi connectivity index (χ3n) is 3.22. The van der Waals surface area contributed by atoms with E-state index >= 15 is 0 Å². The molecule has 0 aliphatic heterocycles. The average molecular weight is 301 g/mol. The van der Waals surface area contributed by atoms with E-state index in [4.69, 9.17) is 11.6 Å². The van der Waals surface area contributed by atoms with Gasteiger partial charge in [0.25, 0.3) is 0 Å². The van der Waals surface area contributed by atoms with Crippen molar-refractivity contribution in [3.63, 3.8) is 0 Å². The number of benzene rings is 1. The maximum atomic E-state index is 13.5. The number of halogens is 2. The number of hydrogen-bond acceptors (Lipinski definition) is 2. The van der Waals surface area contributed by atoms with E-state index in [-0.39, 0.29) is 17.2 Å². The van der Waals surface area contributed by atoms with Gasteiger partial charge in [0.15, 0.2) is 0 Å². The molecule has 0 aliphatic rings. The van der Waals surface area contributed by atoms with Gasteiger partial charge in [-0.15, -0.1) is 11.6 Å². The number of fused-ring (bicyclic) bond motifs is 1. The molecule has 2 nitrogen and oxygen atoms in total. The summed E-state index contributed by atoms with van der Waals surface area (Å²) in [7, 11) is 0. The Morgan fingerprint density at radius 3 is 2.79 bits per heavy atom. The Labute approximate surface area is 122 Å². The van der Waals surface area contributed by atoms with Gasteiger partial charge in [0.2, 0.25) is 0 Å². The molecular weight excluding hydrogens is 283 g/mol. The number of aromatic nitrogens is 2. The minimum Gasteiger partial charge on any atom is -0.324 e. The van der Waals surface area contributed by atoms with Gasteiger partial charge in [-0.2, -0.15) is 11.8 Å². The third kappa shape index (κ3) is 3.06. The second-order valence-electron chi connectivity index (χ2n) is 4.72. The summed E-state index contributed by atoms with van der Waals surface area (Å²) in [4.78, 5) is 4.54. The molecule has 0 fully saturated rings. The molecule has 0 amide bonds. The molecule has 0 N–H and O–H groups in total. The van der Waals surface area contributed by atoms with Gasteiger partial charge < -0.3 is 4.57 Å². The van der Waals surface area contributed by atoms with Gasteiger partial charge in [-0.25, -0.2) is 9.37 Å². The normalized spacial score (nSPS) is 14.8. The van der Waals surface area contributed by atoms with Crippen LogP contribution in [0.5, 0.6) is 0 Å². The first kappa shape index (κ1) is 14.7. The van der Waals surface area contributed by atoms with E-state index in [1.807, 2.05) is 18.7 Å². The van der Waals surface area contributed by atoms with E-state index in [1.165, 1.54) is 6.07 Å². The largest absolute Gasteiger partial charge is 0.324 e. The zero-order valence-electron chi connectivity index (χ0n) is 11.4. The number of thioether (sulfide) groups is 1. The van der Waals surface area contributed by atoms with Crippen LogP contribution in [0.15, 0.2) is 18.2 Å². The molecule has 1 aromatic carbocycles. The van der Waals surface area contributed by atoms with E-state index in [1.54, 1.807) is 12.1 Å². The second-order valence-corrected chi connectivity index (χ2v) is 6.36. The van der Waals surface area contributed by atoms with Crippen LogP contribution in [0.2, 0.25) is 0 Å². The van der Waals surface area contributed by atoms with Crippen LogP contribution < -0.4 is 0 Å². The monoisotopic (exact) mass is 300 g/mol. The SMILES string of the molecule is CSCCC(C)n1c(C(C)Cl)nc2ccc(F)cc21. The lowest BCUT2D eigenvalue weighted by Crippen LogP contribution is -2.11. The van der Waals surface area contributed by atoms with Crippen LogP contribution in [0.25, 0.3) is 11.0 Å². The van der Waals surface area contributed by atoms with Gasteiger partial charge in [0.05, 0.1) is 16.4 Å². The van der Waals surface area contributed by atoms with Crippen LogP contribution in [-0.2, 0) is 0 Å². The van der Waals surface area contributed by atoms with Gasteiger partial charge in [-0.3, -0.25) is 0 Å². The maximum Gasteiger partial charge on any atom is 0.127 e. The van der Waals surface area contributed by atoms with Crippen molar-refractivity contribution >= 4 is 34.4 Å². The second kappa shape index (κ2) is 6.14. The van der Waals surface area contributed by atoms with Crippen molar-refractivity contribution in [2.75, 3.05) is 12.0 Å². The molecule has 0 aliphatic carbocycles. The van der Waals surface area contributed by atoms with Crippen molar-refractivity contribution in [1.29, 1.82) is 0 Å². The average Bonchev–Trinajstić information content (AvgIpc) is 2.74. The van der Waals surface area contributed by atoms with Gasteiger partial charge >= 0.3 is 0 Å². The van der Waals surface area contributed by atoms with Gasteiger partial charge in [0, 0.05) is 6.04 Å². The Morgan fingerprint density at radius 2 is 2.16 bits per heavy atom. The third-order valence-corrected chi connectivity index (χ3v) is 4.05. The predicted molar refractivity (Wildman–Crippen MR) is 81.7 cm³/mol. The topological polar surface area (TPSA) is 17.8 Å². The van der Waals surface area contributed by atoms with E-state index in [9.17, 15) is 4.39 Å². The van der Waals surface area contributed by atoms with Crippen LogP contribution in [0.1, 0.15) is 37.5 Å². The molecule has 2 rings (SSSR count). The lowest BCUT2D eigenvalue weighted by atomic mass is 10.2. The number of hydrogen-bond donors (Lipinski definition) is 0. The summed E-state index contributed by atoms with van der Waals surface area (Å²) in [5.41, 5.74) is 1.64. The molecule has 2 atom stereocenters. The van der Waals surface area contributed by atoms with Crippen molar-refractivity contribution in [3.8, 4) is 0 Å². The molecule has 2 unspecified atom stereocenters. The first-order chi connectivity index (χ1) is 9.04. The van der Waals surface area contributed by atoms with E-state index < -0.39 is 0 Å². The van der Waals surface area contributed by atoms with Crippen molar-refractivity contribution < 1.29 is 4.39 Å². The highest BCUT2D eigenvalue weighted by molar-refractivity contribution is 7.98. The van der Waals surface area contributed by atoms with E-state index in [0.717, 1.165) is 29.0 Å². The van der Waals surface area contributed by atoms with Crippen LogP contribution in [-0.4, -0.2) is 21.6 Å². The molecule has 0 saturated heterocycles. The fourth-order valence-electron chi connectivity index (χ4n) is 2.25. The Kier molecular flexibility index (Phi) is 4.74. The predicted octanol–water partition coefficient (Wildman–Crippen LogP) is 4.79. The van der Waals surface area contributed by atoms with Crippen molar-refractivity contribution in [1.82, 2.24) is 9.55 Å². The first-order valence-electron chi connectivity index (χ1n) is 6.35. The molecular formula is C14H18ClFN2S. The lowest BCUT2D eigenvalue weighted by Gasteiger charge is -2.18. The zero-order valence-corrected chi connectivity index (χ0v) is 12.9. The van der Waals surface area contributed by atoms with Crippen LogP contribution in [0, 0.1) is 5.82 Å². The van der Waals surface area contributed by atoms with Crippen molar-refractivity contribution in [2.45, 2.75) is 31.7 Å². The molecule has 5 heteroatoms. The summed E-state index contributed by atoms with van der Waals surface area (Å²) < 4.78 is 15.5. The Morgan fingerprint density at radius 1 is 1.42 bits per heavy atom. The first-order valence-corrected chi connectivity index (χ1v) is 8.18. The molecule has 19 heavy (non-hydrogen) atoms. The molecule has 104 valence electrons. The molecule has 0 spiro atoms. The summed E-state index contributed by atoms with van der Waals surface area (Å²) in [5, 5.41) is -0.188. The van der Waals surface area contributed by atoms with Crippen LogP contribution in [0.3, 0.4) is 0 Å². The summed E-state index contributed by atoms with van der Waals surface area (Å²) in [5.74, 6) is 1.64. The highest BCUT2D eigenvalue weighted by Gasteiger charge is 2.19. The Bertz CT molecular complexity index is 568. The van der Waals surface area contributed by atoms with E-state index in [0.29, 0.717) is 0 Å². The molecule has 1 heterocycles. The van der Waals surface area contributed by atoms with Gasteiger partial charge in [-0.05, 0) is 50.5 Å². The summed E-state index contributed by atoms with van der Waals surface area (Å²) in [6.07, 6.45) is 3.10. The zero-order chi connectivity index (χ0) is 14.0. The number of imidazole rings is 1. The standard InChI is InChI=1S/C14H18ClFN2S/c1-9(6-7-19-3)18-13-8-11(16)4-5-12(13)17-14(18)10(2)15/h4-5,8-10H,6-7H2,1-3H3. The number of rotatable bonds is 5. The van der Waals surface area contributed by atoms with Crippen molar-refractivity contribution in [3.05, 3.63) is 29.8 Å². The lowest BCUT2D eigenvalue weighted by molar-refractivity contribution is 0.524. The summed E-state index contributed by atoms with van der Waals surface area (Å²) >= 11 is 8.02. The molecule has 2 aromatic rings. The van der Waals surface area contributed by atoms with Gasteiger partial charge in [-0.1, -0.05) is 0 Å². The fourth-order valence-corrected chi connectivity index (χ4v) is 2.98. The fraction of sp³-hybridized carbons (Fsp3) is 0.500. The molecule has 0 bridgehead atoms. The maximum absolute atomic E-state index is 13.5. The Balaban J connectivity index is 2.53. The highest BCUT2D eigenvalue weighted by atomic mass is 35.5. The van der Waals surface area contributed by atoms with E-state index in [2.05, 4.69) is 22.7 Å². The highest BCUT2D eigenvalue weighted by Crippen LogP contribution is 2.30. The Hall–Kier alpha value is -0.740. The molecule has 0 saturated carbocycles. The van der Waals surface area contributed by atoms with Crippen molar-refractivity contribution in [2.24, 2.45) is 0 Å². The minimum atomic E-state index is -0.237. The quantitative estimate of drug-likeness (QED) is 0.739. The summed E-state index contributed by atoms with van der Waals surface area (Å²) in [6.45, 7) is 4.03. The van der Waals surface area contributed by atoms with Crippen LogP contribution in [0.4, 0.5) is 4.39 Å².